The fourth-order valence-corrected chi connectivity index (χ4v) is 3.80. The van der Waals surface area contributed by atoms with Crippen molar-refractivity contribution >= 4 is 22.8 Å². The summed E-state index contributed by atoms with van der Waals surface area (Å²) in [7, 11) is 0. The van der Waals surface area contributed by atoms with Crippen LogP contribution in [0.4, 0.5) is 0 Å². The van der Waals surface area contributed by atoms with Crippen molar-refractivity contribution in [1.29, 1.82) is 0 Å². The van der Waals surface area contributed by atoms with E-state index in [1.165, 1.54) is 31.0 Å². The second-order valence-electron chi connectivity index (χ2n) is 6.47. The van der Waals surface area contributed by atoms with Crippen LogP contribution < -0.4 is 0 Å². The maximum absolute atomic E-state index is 12.4. The molecule has 0 aromatic heterocycles. The van der Waals surface area contributed by atoms with E-state index in [2.05, 4.69) is 0 Å². The van der Waals surface area contributed by atoms with E-state index in [1.807, 2.05) is 20.8 Å². The van der Waals surface area contributed by atoms with Gasteiger partial charge in [-0.25, -0.2) is 0 Å². The highest BCUT2D eigenvalue weighted by Crippen LogP contribution is 2.38. The van der Waals surface area contributed by atoms with Gasteiger partial charge < -0.3 is 5.11 Å². The highest BCUT2D eigenvalue weighted by Gasteiger charge is 2.32. The molecule has 0 bridgehead atoms. The Morgan fingerprint density at radius 2 is 1.79 bits per heavy atom. The van der Waals surface area contributed by atoms with Gasteiger partial charge in [-0.2, -0.15) is 0 Å². The number of rotatable bonds is 5. The molecule has 1 saturated carbocycles. The Kier molecular flexibility index (Phi) is 6.37. The summed E-state index contributed by atoms with van der Waals surface area (Å²) in [6.07, 6.45) is 6.40. The average Bonchev–Trinajstić information content (AvgIpc) is 2.27. The molecule has 0 aliphatic heterocycles. The third-order valence-electron chi connectivity index (χ3n) is 3.60. The quantitative estimate of drug-likeness (QED) is 0.826. The van der Waals surface area contributed by atoms with Crippen molar-refractivity contribution in [3.05, 3.63) is 0 Å². The van der Waals surface area contributed by atoms with Gasteiger partial charge in [0.2, 0.25) is 0 Å². The van der Waals surface area contributed by atoms with Crippen LogP contribution in [0, 0.1) is 11.8 Å². The number of carboxylic acid groups (broad SMARTS) is 1. The highest BCUT2D eigenvalue weighted by atomic mass is 32.2. The summed E-state index contributed by atoms with van der Waals surface area (Å²) in [5.41, 5.74) is 0. The lowest BCUT2D eigenvalue weighted by molar-refractivity contribution is -0.137. The molecule has 0 heterocycles. The maximum Gasteiger partial charge on any atom is 0.303 e. The highest BCUT2D eigenvalue weighted by molar-refractivity contribution is 8.14. The normalized spacial score (nSPS) is 19.1. The number of hydrogen-bond donors (Lipinski definition) is 1. The molecule has 1 aliphatic rings. The maximum atomic E-state index is 12.4. The van der Waals surface area contributed by atoms with E-state index in [0.717, 1.165) is 12.8 Å². The molecule has 1 aliphatic carbocycles. The van der Waals surface area contributed by atoms with Crippen LogP contribution in [-0.4, -0.2) is 20.9 Å². The topological polar surface area (TPSA) is 54.4 Å². The molecule has 1 fully saturated rings. The smallest absolute Gasteiger partial charge is 0.303 e. The van der Waals surface area contributed by atoms with Gasteiger partial charge in [0, 0.05) is 17.1 Å². The number of carbonyl (C=O) groups excluding carboxylic acids is 1. The first-order valence-electron chi connectivity index (χ1n) is 7.24. The molecular weight excluding hydrogens is 260 g/mol. The van der Waals surface area contributed by atoms with Crippen LogP contribution >= 0.6 is 11.8 Å². The van der Waals surface area contributed by atoms with Gasteiger partial charge in [0.25, 0.3) is 0 Å². The molecule has 0 unspecified atom stereocenters. The molecule has 1 N–H and O–H groups in total. The van der Waals surface area contributed by atoms with E-state index in [1.54, 1.807) is 0 Å². The van der Waals surface area contributed by atoms with E-state index in [-0.39, 0.29) is 22.2 Å². The number of aliphatic carboxylic acids is 1. The SMILES string of the molecule is CC(C)(C)SC(=O)[C@@H](CCC(=O)O)C1CCCCC1. The molecule has 0 amide bonds. The summed E-state index contributed by atoms with van der Waals surface area (Å²) >= 11 is 1.38. The lowest BCUT2D eigenvalue weighted by atomic mass is 9.78. The third-order valence-corrected chi connectivity index (χ3v) is 4.71. The summed E-state index contributed by atoms with van der Waals surface area (Å²) in [5, 5.41) is 9.05. The predicted octanol–water partition coefficient (Wildman–Crippen LogP) is 4.11. The fraction of sp³-hybridized carbons (Fsp3) is 0.867. The van der Waals surface area contributed by atoms with Gasteiger partial charge in [-0.1, -0.05) is 51.8 Å². The first-order chi connectivity index (χ1) is 8.79. The minimum absolute atomic E-state index is 0.0689. The van der Waals surface area contributed by atoms with Crippen molar-refractivity contribution in [3.63, 3.8) is 0 Å². The molecule has 0 saturated heterocycles. The molecule has 19 heavy (non-hydrogen) atoms. The largest absolute Gasteiger partial charge is 0.481 e. The summed E-state index contributed by atoms with van der Waals surface area (Å²) in [5.74, 6) is -0.467. The Morgan fingerprint density at radius 3 is 2.26 bits per heavy atom. The van der Waals surface area contributed by atoms with Gasteiger partial charge in [0.1, 0.15) is 0 Å². The fourth-order valence-electron chi connectivity index (χ4n) is 2.74. The summed E-state index contributed by atoms with van der Waals surface area (Å²) < 4.78 is -0.0901. The van der Waals surface area contributed by atoms with E-state index >= 15 is 0 Å². The zero-order valence-electron chi connectivity index (χ0n) is 12.3. The first kappa shape index (κ1) is 16.5. The number of carboxylic acids is 1. The van der Waals surface area contributed by atoms with Crippen LogP contribution in [0.25, 0.3) is 0 Å². The van der Waals surface area contributed by atoms with Crippen molar-refractivity contribution in [2.45, 2.75) is 70.5 Å². The summed E-state index contributed by atoms with van der Waals surface area (Å²) in [6, 6.07) is 0. The lowest BCUT2D eigenvalue weighted by Crippen LogP contribution is -2.27. The van der Waals surface area contributed by atoms with Crippen molar-refractivity contribution in [1.82, 2.24) is 0 Å². The number of thioether (sulfide) groups is 1. The average molecular weight is 286 g/mol. The molecule has 0 radical (unpaired) electrons. The van der Waals surface area contributed by atoms with Crippen molar-refractivity contribution in [2.75, 3.05) is 0 Å². The van der Waals surface area contributed by atoms with Crippen LogP contribution in [0.15, 0.2) is 0 Å². The number of hydrogen-bond acceptors (Lipinski definition) is 3. The van der Waals surface area contributed by atoms with Gasteiger partial charge in [0.05, 0.1) is 0 Å². The second-order valence-corrected chi connectivity index (χ2v) is 8.30. The van der Waals surface area contributed by atoms with E-state index < -0.39 is 5.97 Å². The molecule has 110 valence electrons. The summed E-state index contributed by atoms with van der Waals surface area (Å²) in [6.45, 7) is 6.10. The van der Waals surface area contributed by atoms with Crippen LogP contribution in [-0.2, 0) is 9.59 Å². The van der Waals surface area contributed by atoms with Crippen LogP contribution in [0.3, 0.4) is 0 Å². The Labute approximate surface area is 120 Å². The molecule has 0 spiro atoms. The standard InChI is InChI=1S/C15H26O3S/c1-15(2,3)19-14(18)12(9-10-13(16)17)11-7-5-4-6-8-11/h11-12H,4-10H2,1-3H3,(H,16,17)/t12-/m0/s1. The predicted molar refractivity (Wildman–Crippen MR) is 79.3 cm³/mol. The minimum Gasteiger partial charge on any atom is -0.481 e. The van der Waals surface area contributed by atoms with E-state index in [9.17, 15) is 9.59 Å². The lowest BCUT2D eigenvalue weighted by Gasteiger charge is -2.30. The summed E-state index contributed by atoms with van der Waals surface area (Å²) in [4.78, 5) is 23.2. The van der Waals surface area contributed by atoms with Crippen molar-refractivity contribution < 1.29 is 14.7 Å². The van der Waals surface area contributed by atoms with Crippen molar-refractivity contribution in [3.8, 4) is 0 Å². The van der Waals surface area contributed by atoms with Gasteiger partial charge >= 0.3 is 5.97 Å². The Bertz CT molecular complexity index is 314. The van der Waals surface area contributed by atoms with Gasteiger partial charge in [-0.3, -0.25) is 9.59 Å². The molecule has 1 rings (SSSR count). The number of carbonyl (C=O) groups is 2. The third kappa shape index (κ3) is 6.46. The van der Waals surface area contributed by atoms with Gasteiger partial charge in [-0.15, -0.1) is 0 Å². The molecule has 4 heteroatoms. The zero-order chi connectivity index (χ0) is 14.5. The van der Waals surface area contributed by atoms with Crippen LogP contribution in [0.2, 0.25) is 0 Å². The minimum atomic E-state index is -0.797. The van der Waals surface area contributed by atoms with Crippen LogP contribution in [0.5, 0.6) is 0 Å². The van der Waals surface area contributed by atoms with Gasteiger partial charge in [-0.05, 0) is 25.2 Å². The Balaban J connectivity index is 2.66. The molecule has 0 aromatic carbocycles. The molecule has 0 aromatic rings. The van der Waals surface area contributed by atoms with Crippen molar-refractivity contribution in [2.24, 2.45) is 11.8 Å². The first-order valence-corrected chi connectivity index (χ1v) is 8.06. The Morgan fingerprint density at radius 1 is 1.21 bits per heavy atom. The molecule has 1 atom stereocenters. The Hall–Kier alpha value is -0.510. The van der Waals surface area contributed by atoms with E-state index in [4.69, 9.17) is 5.11 Å². The second kappa shape index (κ2) is 7.32. The monoisotopic (exact) mass is 286 g/mol. The van der Waals surface area contributed by atoms with Crippen LogP contribution in [0.1, 0.15) is 65.7 Å². The zero-order valence-corrected chi connectivity index (χ0v) is 13.1. The molecular formula is C15H26O3S. The van der Waals surface area contributed by atoms with Gasteiger partial charge in [0.15, 0.2) is 5.12 Å². The van der Waals surface area contributed by atoms with E-state index in [0.29, 0.717) is 12.3 Å². The molecule has 3 nitrogen and oxygen atoms in total.